The molecule has 6 heteroatoms. The topological polar surface area (TPSA) is 51.0 Å². The monoisotopic (exact) mass is 330 g/mol. The minimum Gasteiger partial charge on any atom is -0.339 e. The fourth-order valence-electron chi connectivity index (χ4n) is 3.01. The Morgan fingerprint density at radius 1 is 1.26 bits per heavy atom. The third kappa shape index (κ3) is 4.58. The second kappa shape index (κ2) is 8.15. The maximum Gasteiger partial charge on any atom is 0.233 e. The third-order valence-corrected chi connectivity index (χ3v) is 5.21. The van der Waals surface area contributed by atoms with Crippen LogP contribution < -0.4 is 0 Å². The second-order valence-electron chi connectivity index (χ2n) is 5.77. The summed E-state index contributed by atoms with van der Waals surface area (Å²) in [6.45, 7) is 1.76. The maximum absolute atomic E-state index is 12.6. The van der Waals surface area contributed by atoms with Gasteiger partial charge in [-0.2, -0.15) is 5.10 Å². The molecule has 0 radical (unpaired) electrons. The van der Waals surface area contributed by atoms with Gasteiger partial charge in [-0.25, -0.2) is 0 Å². The SMILES string of the molecule is O=C(CSc1ccncc1)N1CCCC[C@@H]1CCn1cccn1. The van der Waals surface area contributed by atoms with Crippen LogP contribution in [0.1, 0.15) is 25.7 Å². The number of likely N-dealkylation sites (tertiary alicyclic amines) is 1. The number of hydrogen-bond donors (Lipinski definition) is 0. The Kier molecular flexibility index (Phi) is 5.69. The summed E-state index contributed by atoms with van der Waals surface area (Å²) in [5.41, 5.74) is 0. The summed E-state index contributed by atoms with van der Waals surface area (Å²) < 4.78 is 1.95. The Morgan fingerprint density at radius 3 is 2.91 bits per heavy atom. The lowest BCUT2D eigenvalue weighted by Gasteiger charge is -2.36. The molecule has 2 aromatic heterocycles. The van der Waals surface area contributed by atoms with Crippen LogP contribution in [0, 0.1) is 0 Å². The van der Waals surface area contributed by atoms with Crippen molar-refractivity contribution in [2.75, 3.05) is 12.3 Å². The van der Waals surface area contributed by atoms with Crippen LogP contribution in [0.5, 0.6) is 0 Å². The zero-order chi connectivity index (χ0) is 15.9. The molecule has 0 aromatic carbocycles. The summed E-state index contributed by atoms with van der Waals surface area (Å²) in [7, 11) is 0. The average Bonchev–Trinajstić information content (AvgIpc) is 3.12. The van der Waals surface area contributed by atoms with Gasteiger partial charge in [0.1, 0.15) is 0 Å². The quantitative estimate of drug-likeness (QED) is 0.764. The van der Waals surface area contributed by atoms with E-state index in [0.717, 1.165) is 37.2 Å². The van der Waals surface area contributed by atoms with Gasteiger partial charge in [-0.05, 0) is 43.9 Å². The van der Waals surface area contributed by atoms with Crippen molar-refractivity contribution in [3.05, 3.63) is 43.0 Å². The van der Waals surface area contributed by atoms with Crippen molar-refractivity contribution in [3.63, 3.8) is 0 Å². The van der Waals surface area contributed by atoms with E-state index in [-0.39, 0.29) is 5.91 Å². The summed E-state index contributed by atoms with van der Waals surface area (Å²) in [5.74, 6) is 0.749. The number of aryl methyl sites for hydroxylation is 1. The van der Waals surface area contributed by atoms with E-state index < -0.39 is 0 Å². The molecule has 1 fully saturated rings. The highest BCUT2D eigenvalue weighted by Crippen LogP contribution is 2.23. The number of piperidine rings is 1. The van der Waals surface area contributed by atoms with Gasteiger partial charge >= 0.3 is 0 Å². The van der Waals surface area contributed by atoms with Gasteiger partial charge in [0.2, 0.25) is 5.91 Å². The van der Waals surface area contributed by atoms with Crippen molar-refractivity contribution < 1.29 is 4.79 Å². The lowest BCUT2D eigenvalue weighted by Crippen LogP contribution is -2.45. The summed E-state index contributed by atoms with van der Waals surface area (Å²) in [6, 6.07) is 6.18. The summed E-state index contributed by atoms with van der Waals surface area (Å²) in [4.78, 5) is 19.8. The highest BCUT2D eigenvalue weighted by molar-refractivity contribution is 8.00. The number of carbonyl (C=O) groups is 1. The number of pyridine rings is 1. The van der Waals surface area contributed by atoms with E-state index in [0.29, 0.717) is 11.8 Å². The maximum atomic E-state index is 12.6. The molecule has 0 N–H and O–H groups in total. The molecule has 5 nitrogen and oxygen atoms in total. The van der Waals surface area contributed by atoms with Crippen LogP contribution in [0.25, 0.3) is 0 Å². The molecule has 1 saturated heterocycles. The Hall–Kier alpha value is -1.82. The van der Waals surface area contributed by atoms with Crippen molar-refractivity contribution in [3.8, 4) is 0 Å². The predicted octanol–water partition coefficient (Wildman–Crippen LogP) is 2.84. The highest BCUT2D eigenvalue weighted by atomic mass is 32.2. The van der Waals surface area contributed by atoms with Gasteiger partial charge in [0.25, 0.3) is 0 Å². The molecular weight excluding hydrogens is 308 g/mol. The Labute approximate surface area is 141 Å². The first kappa shape index (κ1) is 16.1. The van der Waals surface area contributed by atoms with Crippen molar-refractivity contribution in [1.29, 1.82) is 0 Å². The summed E-state index contributed by atoms with van der Waals surface area (Å²) in [6.07, 6.45) is 11.7. The molecule has 2 aromatic rings. The molecular formula is C17H22N4OS. The standard InChI is InChI=1S/C17H22N4OS/c22-17(14-23-16-5-9-18-10-6-16)21-12-2-1-4-15(21)7-13-20-11-3-8-19-20/h3,5-6,8-11,15H,1-2,4,7,12-14H2/t15-/m1/s1. The summed E-state index contributed by atoms with van der Waals surface area (Å²) in [5, 5.41) is 4.25. The van der Waals surface area contributed by atoms with Crippen LogP contribution in [0.2, 0.25) is 0 Å². The molecule has 23 heavy (non-hydrogen) atoms. The van der Waals surface area contributed by atoms with E-state index in [1.54, 1.807) is 30.4 Å². The van der Waals surface area contributed by atoms with E-state index in [2.05, 4.69) is 15.0 Å². The Balaban J connectivity index is 1.53. The fourth-order valence-corrected chi connectivity index (χ4v) is 3.78. The highest BCUT2D eigenvalue weighted by Gasteiger charge is 2.26. The first-order chi connectivity index (χ1) is 11.3. The molecule has 0 aliphatic carbocycles. The first-order valence-corrected chi connectivity index (χ1v) is 9.11. The van der Waals surface area contributed by atoms with Gasteiger partial charge < -0.3 is 4.90 Å². The normalized spacial score (nSPS) is 18.1. The molecule has 0 unspecified atom stereocenters. The molecule has 0 bridgehead atoms. The first-order valence-electron chi connectivity index (χ1n) is 8.12. The van der Waals surface area contributed by atoms with Crippen LogP contribution >= 0.6 is 11.8 Å². The van der Waals surface area contributed by atoms with E-state index >= 15 is 0 Å². The van der Waals surface area contributed by atoms with Crippen LogP contribution in [0.4, 0.5) is 0 Å². The number of thioether (sulfide) groups is 1. The second-order valence-corrected chi connectivity index (χ2v) is 6.81. The smallest absolute Gasteiger partial charge is 0.233 e. The molecule has 0 spiro atoms. The van der Waals surface area contributed by atoms with Crippen molar-refractivity contribution >= 4 is 17.7 Å². The zero-order valence-electron chi connectivity index (χ0n) is 13.2. The van der Waals surface area contributed by atoms with Crippen LogP contribution in [0.3, 0.4) is 0 Å². The van der Waals surface area contributed by atoms with Gasteiger partial charge in [0.15, 0.2) is 0 Å². The van der Waals surface area contributed by atoms with E-state index in [1.165, 1.54) is 6.42 Å². The zero-order valence-corrected chi connectivity index (χ0v) is 14.0. The van der Waals surface area contributed by atoms with E-state index in [1.807, 2.05) is 29.1 Å². The molecule has 1 amide bonds. The minimum absolute atomic E-state index is 0.247. The van der Waals surface area contributed by atoms with E-state index in [4.69, 9.17) is 0 Å². The molecule has 1 atom stereocenters. The van der Waals surface area contributed by atoms with Crippen LogP contribution in [-0.2, 0) is 11.3 Å². The van der Waals surface area contributed by atoms with Crippen LogP contribution in [0.15, 0.2) is 47.9 Å². The number of rotatable bonds is 6. The fraction of sp³-hybridized carbons (Fsp3) is 0.471. The van der Waals surface area contributed by atoms with E-state index in [9.17, 15) is 4.79 Å². The molecule has 1 aliphatic rings. The van der Waals surface area contributed by atoms with Crippen molar-refractivity contribution in [1.82, 2.24) is 19.7 Å². The van der Waals surface area contributed by atoms with Gasteiger partial charge in [0, 0.05) is 48.8 Å². The lowest BCUT2D eigenvalue weighted by molar-refractivity contribution is -0.132. The van der Waals surface area contributed by atoms with Crippen molar-refractivity contribution in [2.45, 2.75) is 43.2 Å². The number of amides is 1. The molecule has 1 aliphatic heterocycles. The van der Waals surface area contributed by atoms with Crippen molar-refractivity contribution in [2.24, 2.45) is 0 Å². The average molecular weight is 330 g/mol. The molecule has 0 saturated carbocycles. The Morgan fingerprint density at radius 2 is 2.13 bits per heavy atom. The molecule has 3 heterocycles. The summed E-state index contributed by atoms with van der Waals surface area (Å²) >= 11 is 1.59. The third-order valence-electron chi connectivity index (χ3n) is 4.21. The largest absolute Gasteiger partial charge is 0.339 e. The molecule has 3 rings (SSSR count). The minimum atomic E-state index is 0.247. The number of aromatic nitrogens is 3. The number of carbonyl (C=O) groups excluding carboxylic acids is 1. The van der Waals surface area contributed by atoms with Gasteiger partial charge in [-0.1, -0.05) is 0 Å². The number of hydrogen-bond acceptors (Lipinski definition) is 4. The van der Waals surface area contributed by atoms with Gasteiger partial charge in [-0.15, -0.1) is 11.8 Å². The lowest BCUT2D eigenvalue weighted by atomic mass is 9.99. The Bertz CT molecular complexity index is 602. The van der Waals surface area contributed by atoms with Crippen LogP contribution in [-0.4, -0.2) is 43.9 Å². The predicted molar refractivity (Wildman–Crippen MR) is 91.2 cm³/mol. The van der Waals surface area contributed by atoms with Gasteiger partial charge in [-0.3, -0.25) is 14.5 Å². The molecule has 122 valence electrons. The number of nitrogens with zero attached hydrogens (tertiary/aromatic N) is 4. The van der Waals surface area contributed by atoms with Gasteiger partial charge in [0.05, 0.1) is 5.75 Å².